The molecular weight excluding hydrogens is 450 g/mol. The normalized spacial score (nSPS) is 20.0. The number of nitrogens with zero attached hydrogens (tertiary/aromatic N) is 3. The molecular formula is C22H24BrN3O4. The number of β-amino-alcohol motifs (C(OH)–C–C–N with tert-alkyl or cyclic N) is 1. The number of fused-ring (bicyclic) bond motifs is 3. The summed E-state index contributed by atoms with van der Waals surface area (Å²) in [5.41, 5.74) is -0.175. The number of hydrogen-bond acceptors (Lipinski definition) is 5. The van der Waals surface area contributed by atoms with Crippen molar-refractivity contribution in [2.75, 3.05) is 13.1 Å². The summed E-state index contributed by atoms with van der Waals surface area (Å²) in [5.74, 6) is 0. The summed E-state index contributed by atoms with van der Waals surface area (Å²) in [6.45, 7) is 5.90. The standard InChI is InChI=1S/C22H24BrN3O4/c1-22(2,3)30-21(29)25-9-8-17(18(27)11-25)26-12-24-19-14-7-5-4-6-13(14)16(23)10-15(19)20(26)28/h4-7,10,12,17-18,27H,8-9,11H2,1-3H3/t17-,18-/m1/s1. The Morgan fingerprint density at radius 2 is 1.93 bits per heavy atom. The zero-order chi connectivity index (χ0) is 21.6. The molecule has 2 heterocycles. The number of aliphatic hydroxyl groups is 1. The van der Waals surface area contributed by atoms with Crippen LogP contribution in [0.3, 0.4) is 0 Å². The van der Waals surface area contributed by atoms with Gasteiger partial charge in [0.05, 0.1) is 35.9 Å². The molecule has 4 rings (SSSR count). The van der Waals surface area contributed by atoms with Gasteiger partial charge in [0.15, 0.2) is 0 Å². The van der Waals surface area contributed by atoms with Crippen LogP contribution in [0.15, 0.2) is 45.9 Å². The van der Waals surface area contributed by atoms with Gasteiger partial charge in [-0.2, -0.15) is 0 Å². The Bertz CT molecular complexity index is 1180. The monoisotopic (exact) mass is 473 g/mol. The first-order chi connectivity index (χ1) is 14.2. The molecule has 1 aliphatic heterocycles. The Morgan fingerprint density at radius 3 is 2.60 bits per heavy atom. The molecule has 1 amide bonds. The molecule has 7 nitrogen and oxygen atoms in total. The molecule has 1 N–H and O–H groups in total. The second-order valence-corrected chi connectivity index (χ2v) is 9.46. The number of aromatic nitrogens is 2. The van der Waals surface area contributed by atoms with E-state index in [1.54, 1.807) is 26.8 Å². The van der Waals surface area contributed by atoms with Gasteiger partial charge >= 0.3 is 6.09 Å². The third-order valence-electron chi connectivity index (χ3n) is 5.30. The Balaban J connectivity index is 1.66. The van der Waals surface area contributed by atoms with E-state index in [2.05, 4.69) is 20.9 Å². The Hall–Kier alpha value is -2.45. The fourth-order valence-corrected chi connectivity index (χ4v) is 4.48. The van der Waals surface area contributed by atoms with Crippen LogP contribution >= 0.6 is 15.9 Å². The van der Waals surface area contributed by atoms with Crippen LogP contribution in [-0.2, 0) is 4.74 Å². The highest BCUT2D eigenvalue weighted by Crippen LogP contribution is 2.30. The van der Waals surface area contributed by atoms with Crippen LogP contribution in [0, 0.1) is 0 Å². The van der Waals surface area contributed by atoms with Crippen LogP contribution in [0.4, 0.5) is 4.79 Å². The van der Waals surface area contributed by atoms with Gasteiger partial charge in [0, 0.05) is 16.4 Å². The number of carbonyl (C=O) groups excluding carboxylic acids is 1. The van der Waals surface area contributed by atoms with E-state index in [9.17, 15) is 14.7 Å². The first kappa shape index (κ1) is 20.8. The lowest BCUT2D eigenvalue weighted by Gasteiger charge is -2.37. The molecule has 0 saturated carbocycles. The molecule has 0 bridgehead atoms. The zero-order valence-electron chi connectivity index (χ0n) is 17.1. The van der Waals surface area contributed by atoms with E-state index >= 15 is 0 Å². The predicted octanol–water partition coefficient (Wildman–Crippen LogP) is 3.86. The summed E-state index contributed by atoms with van der Waals surface area (Å²) >= 11 is 3.55. The molecule has 0 radical (unpaired) electrons. The van der Waals surface area contributed by atoms with Crippen LogP contribution in [0.5, 0.6) is 0 Å². The van der Waals surface area contributed by atoms with Crippen molar-refractivity contribution in [2.24, 2.45) is 0 Å². The van der Waals surface area contributed by atoms with Crippen LogP contribution in [0.25, 0.3) is 21.7 Å². The lowest BCUT2D eigenvalue weighted by atomic mass is 10.0. The van der Waals surface area contributed by atoms with Crippen molar-refractivity contribution in [1.29, 1.82) is 0 Å². The number of rotatable bonds is 1. The number of piperidine rings is 1. The molecule has 1 aliphatic rings. The summed E-state index contributed by atoms with van der Waals surface area (Å²) in [7, 11) is 0. The van der Waals surface area contributed by atoms with Crippen molar-refractivity contribution in [3.63, 3.8) is 0 Å². The van der Waals surface area contributed by atoms with Gasteiger partial charge in [-0.25, -0.2) is 9.78 Å². The average molecular weight is 474 g/mol. The lowest BCUT2D eigenvalue weighted by Crippen LogP contribution is -2.50. The summed E-state index contributed by atoms with van der Waals surface area (Å²) in [6.07, 6.45) is 0.580. The third kappa shape index (κ3) is 3.81. The van der Waals surface area contributed by atoms with Crippen molar-refractivity contribution < 1.29 is 14.6 Å². The van der Waals surface area contributed by atoms with Crippen LogP contribution < -0.4 is 5.56 Å². The molecule has 0 unspecified atom stereocenters. The van der Waals surface area contributed by atoms with Gasteiger partial charge in [0.25, 0.3) is 5.56 Å². The molecule has 1 aromatic heterocycles. The molecule has 2 atom stereocenters. The Kier molecular flexibility index (Phi) is 5.32. The third-order valence-corrected chi connectivity index (χ3v) is 5.95. The molecule has 8 heteroatoms. The highest BCUT2D eigenvalue weighted by Gasteiger charge is 2.34. The van der Waals surface area contributed by atoms with E-state index < -0.39 is 23.8 Å². The molecule has 1 fully saturated rings. The topological polar surface area (TPSA) is 84.7 Å². The first-order valence-electron chi connectivity index (χ1n) is 9.90. The second kappa shape index (κ2) is 7.67. The quantitative estimate of drug-likeness (QED) is 0.542. The van der Waals surface area contributed by atoms with Gasteiger partial charge in [0.2, 0.25) is 0 Å². The van der Waals surface area contributed by atoms with Gasteiger partial charge < -0.3 is 14.7 Å². The summed E-state index contributed by atoms with van der Waals surface area (Å²) in [5, 5.41) is 13.1. The lowest BCUT2D eigenvalue weighted by molar-refractivity contribution is -0.0105. The minimum atomic E-state index is -0.896. The minimum Gasteiger partial charge on any atom is -0.444 e. The number of halogens is 1. The highest BCUT2D eigenvalue weighted by atomic mass is 79.9. The maximum absolute atomic E-state index is 13.3. The van der Waals surface area contributed by atoms with E-state index in [1.165, 1.54) is 15.8 Å². The van der Waals surface area contributed by atoms with Gasteiger partial charge in [-0.1, -0.05) is 40.2 Å². The SMILES string of the molecule is CC(C)(C)OC(=O)N1CC[C@@H](n2cnc3c(cc(Br)c4ccccc43)c2=O)[C@H](O)C1. The maximum atomic E-state index is 13.3. The number of likely N-dealkylation sites (tertiary alicyclic amines) is 1. The summed E-state index contributed by atoms with van der Waals surface area (Å²) in [6, 6.07) is 9.09. The molecule has 0 aliphatic carbocycles. The molecule has 0 spiro atoms. The molecule has 2 aromatic carbocycles. The summed E-state index contributed by atoms with van der Waals surface area (Å²) < 4.78 is 7.70. The minimum absolute atomic E-state index is 0.103. The van der Waals surface area contributed by atoms with E-state index in [1.807, 2.05) is 24.3 Å². The number of aliphatic hydroxyl groups excluding tert-OH is 1. The molecule has 3 aromatic rings. The predicted molar refractivity (Wildman–Crippen MR) is 119 cm³/mol. The number of benzene rings is 2. The summed E-state index contributed by atoms with van der Waals surface area (Å²) in [4.78, 5) is 31.6. The largest absolute Gasteiger partial charge is 0.444 e. The van der Waals surface area contributed by atoms with Gasteiger partial charge in [0.1, 0.15) is 5.60 Å². The fourth-order valence-electron chi connectivity index (χ4n) is 3.90. The first-order valence-corrected chi connectivity index (χ1v) is 10.7. The van der Waals surface area contributed by atoms with Gasteiger partial charge in [-0.05, 0) is 38.6 Å². The molecule has 158 valence electrons. The van der Waals surface area contributed by atoms with Crippen LogP contribution in [0.1, 0.15) is 33.2 Å². The zero-order valence-corrected chi connectivity index (χ0v) is 18.7. The van der Waals surface area contributed by atoms with Crippen molar-refractivity contribution in [2.45, 2.75) is 44.9 Å². The van der Waals surface area contributed by atoms with Gasteiger partial charge in [-0.3, -0.25) is 9.36 Å². The van der Waals surface area contributed by atoms with E-state index in [4.69, 9.17) is 4.74 Å². The number of amides is 1. The fraction of sp³-hybridized carbons (Fsp3) is 0.409. The van der Waals surface area contributed by atoms with Gasteiger partial charge in [-0.15, -0.1) is 0 Å². The van der Waals surface area contributed by atoms with Crippen LogP contribution in [-0.4, -0.2) is 50.4 Å². The second-order valence-electron chi connectivity index (χ2n) is 8.61. The Morgan fingerprint density at radius 1 is 1.23 bits per heavy atom. The van der Waals surface area contributed by atoms with Crippen molar-refractivity contribution in [3.05, 3.63) is 51.5 Å². The van der Waals surface area contributed by atoms with E-state index in [0.29, 0.717) is 23.9 Å². The Labute approximate surface area is 182 Å². The average Bonchev–Trinajstić information content (AvgIpc) is 2.68. The molecule has 30 heavy (non-hydrogen) atoms. The number of ether oxygens (including phenoxy) is 1. The molecule has 1 saturated heterocycles. The highest BCUT2D eigenvalue weighted by molar-refractivity contribution is 9.10. The maximum Gasteiger partial charge on any atom is 0.410 e. The van der Waals surface area contributed by atoms with Crippen LogP contribution in [0.2, 0.25) is 0 Å². The smallest absolute Gasteiger partial charge is 0.410 e. The van der Waals surface area contributed by atoms with E-state index in [0.717, 1.165) is 15.2 Å². The number of hydrogen-bond donors (Lipinski definition) is 1. The van der Waals surface area contributed by atoms with E-state index in [-0.39, 0.29) is 12.1 Å². The number of carbonyl (C=O) groups is 1. The van der Waals surface area contributed by atoms with Crippen molar-refractivity contribution in [1.82, 2.24) is 14.5 Å². The van der Waals surface area contributed by atoms with Crippen molar-refractivity contribution in [3.8, 4) is 0 Å². The van der Waals surface area contributed by atoms with Crippen molar-refractivity contribution >= 4 is 43.7 Å².